The second-order valence-corrected chi connectivity index (χ2v) is 7.04. The van der Waals surface area contributed by atoms with Crippen LogP contribution in [0.1, 0.15) is 42.9 Å². The lowest BCUT2D eigenvalue weighted by Crippen LogP contribution is -2.38. The summed E-state index contributed by atoms with van der Waals surface area (Å²) >= 11 is 0. The van der Waals surface area contributed by atoms with Crippen molar-refractivity contribution in [2.45, 2.75) is 38.6 Å². The smallest absolute Gasteiger partial charge is 0.322 e. The number of rotatable bonds is 4. The fourth-order valence-corrected chi connectivity index (χ4v) is 3.58. The number of amides is 2. The van der Waals surface area contributed by atoms with Gasteiger partial charge in [0.05, 0.1) is 23.8 Å². The molecule has 1 N–H and O–H groups in total. The molecule has 2 aromatic rings. The molecule has 7 nitrogen and oxygen atoms in total. The summed E-state index contributed by atoms with van der Waals surface area (Å²) in [6, 6.07) is 12.1. The number of carbonyl (C=O) groups is 1. The summed E-state index contributed by atoms with van der Waals surface area (Å²) in [7, 11) is 1.47. The Labute approximate surface area is 164 Å². The molecule has 0 saturated carbocycles. The van der Waals surface area contributed by atoms with Crippen molar-refractivity contribution in [3.63, 3.8) is 0 Å². The Morgan fingerprint density at radius 3 is 2.61 bits per heavy atom. The van der Waals surface area contributed by atoms with E-state index in [9.17, 15) is 14.9 Å². The van der Waals surface area contributed by atoms with Crippen LogP contribution in [0.4, 0.5) is 16.2 Å². The van der Waals surface area contributed by atoms with Crippen LogP contribution in [0.25, 0.3) is 0 Å². The van der Waals surface area contributed by atoms with Crippen molar-refractivity contribution in [3.8, 4) is 5.75 Å². The van der Waals surface area contributed by atoms with E-state index in [0.29, 0.717) is 18.0 Å². The van der Waals surface area contributed by atoms with Crippen molar-refractivity contribution in [1.29, 1.82) is 0 Å². The van der Waals surface area contributed by atoms with E-state index in [-0.39, 0.29) is 17.8 Å². The maximum absolute atomic E-state index is 13.1. The minimum atomic E-state index is -0.490. The molecule has 0 bridgehead atoms. The predicted molar refractivity (Wildman–Crippen MR) is 108 cm³/mol. The summed E-state index contributed by atoms with van der Waals surface area (Å²) in [5, 5.41) is 13.9. The summed E-state index contributed by atoms with van der Waals surface area (Å²) in [6.45, 7) is 2.68. The zero-order valence-corrected chi connectivity index (χ0v) is 16.2. The Morgan fingerprint density at radius 1 is 1.18 bits per heavy atom. The quantitative estimate of drug-likeness (QED) is 0.591. The summed E-state index contributed by atoms with van der Waals surface area (Å²) in [5.74, 6) is 0.389. The number of nitro benzene ring substituents is 1. The first-order chi connectivity index (χ1) is 13.5. The van der Waals surface area contributed by atoms with E-state index in [1.54, 1.807) is 0 Å². The molecule has 2 aromatic carbocycles. The summed E-state index contributed by atoms with van der Waals surface area (Å²) in [6.07, 6.45) is 3.96. The number of nitrogens with one attached hydrogen (secondary N) is 1. The Kier molecular flexibility index (Phi) is 6.13. The summed E-state index contributed by atoms with van der Waals surface area (Å²) < 4.78 is 5.26. The normalized spacial score (nSPS) is 16.9. The average Bonchev–Trinajstić information content (AvgIpc) is 2.94. The number of aryl methyl sites for hydroxylation is 1. The molecule has 1 heterocycles. The van der Waals surface area contributed by atoms with Gasteiger partial charge in [-0.15, -0.1) is 0 Å². The first kappa shape index (κ1) is 19.7. The van der Waals surface area contributed by atoms with Crippen LogP contribution in [-0.2, 0) is 0 Å². The number of hydrogen-bond acceptors (Lipinski definition) is 4. The number of non-ortho nitro benzene ring substituents is 1. The van der Waals surface area contributed by atoms with Crippen molar-refractivity contribution in [3.05, 3.63) is 63.7 Å². The molecule has 7 heteroatoms. The largest absolute Gasteiger partial charge is 0.495 e. The number of hydrogen-bond donors (Lipinski definition) is 1. The maximum atomic E-state index is 13.1. The van der Waals surface area contributed by atoms with Gasteiger partial charge in [-0.05, 0) is 31.4 Å². The van der Waals surface area contributed by atoms with E-state index in [1.807, 2.05) is 11.8 Å². The van der Waals surface area contributed by atoms with Crippen molar-refractivity contribution in [2.75, 3.05) is 19.0 Å². The molecule has 2 amide bonds. The highest BCUT2D eigenvalue weighted by Gasteiger charge is 2.27. The van der Waals surface area contributed by atoms with Crippen LogP contribution in [0.3, 0.4) is 0 Å². The van der Waals surface area contributed by atoms with Gasteiger partial charge in [-0.2, -0.15) is 0 Å². The van der Waals surface area contributed by atoms with Crippen molar-refractivity contribution < 1.29 is 14.5 Å². The Balaban J connectivity index is 1.87. The third-order valence-electron chi connectivity index (χ3n) is 5.11. The van der Waals surface area contributed by atoms with Crippen molar-refractivity contribution in [2.24, 2.45) is 0 Å². The first-order valence-corrected chi connectivity index (χ1v) is 9.46. The number of nitro groups is 1. The molecule has 0 aromatic heterocycles. The van der Waals surface area contributed by atoms with Crippen LogP contribution >= 0.6 is 0 Å². The Hall–Kier alpha value is -3.09. The monoisotopic (exact) mass is 383 g/mol. The second-order valence-electron chi connectivity index (χ2n) is 7.04. The van der Waals surface area contributed by atoms with Crippen LogP contribution < -0.4 is 10.1 Å². The number of anilines is 1. The number of nitrogens with zero attached hydrogens (tertiary/aromatic N) is 2. The fourth-order valence-electron chi connectivity index (χ4n) is 3.58. The van der Waals surface area contributed by atoms with Crippen molar-refractivity contribution in [1.82, 2.24) is 4.90 Å². The predicted octanol–water partition coefficient (Wildman–Crippen LogP) is 5.06. The third-order valence-corrected chi connectivity index (χ3v) is 5.11. The highest BCUT2D eigenvalue weighted by molar-refractivity contribution is 5.91. The van der Waals surface area contributed by atoms with Gasteiger partial charge < -0.3 is 15.0 Å². The lowest BCUT2D eigenvalue weighted by molar-refractivity contribution is -0.384. The molecule has 0 spiro atoms. The van der Waals surface area contributed by atoms with Gasteiger partial charge in [0.25, 0.3) is 5.69 Å². The molecule has 1 fully saturated rings. The van der Waals surface area contributed by atoms with Crippen LogP contribution in [0.2, 0.25) is 0 Å². The van der Waals surface area contributed by atoms with E-state index < -0.39 is 4.92 Å². The number of likely N-dealkylation sites (tertiary alicyclic amines) is 1. The lowest BCUT2D eigenvalue weighted by Gasteiger charge is -2.31. The number of urea groups is 1. The van der Waals surface area contributed by atoms with Crippen LogP contribution in [0.5, 0.6) is 5.75 Å². The van der Waals surface area contributed by atoms with E-state index in [4.69, 9.17) is 4.74 Å². The van der Waals surface area contributed by atoms with Gasteiger partial charge in [-0.3, -0.25) is 10.1 Å². The van der Waals surface area contributed by atoms with Crippen molar-refractivity contribution >= 4 is 17.4 Å². The standard InChI is InChI=1S/C21H25N3O4/c1-15-7-9-16(10-8-15)19-6-4-3-5-13-23(19)21(25)22-18-14-17(24(26)27)11-12-20(18)28-2/h7-12,14,19H,3-6,13H2,1-2H3,(H,22,25). The van der Waals surface area contributed by atoms with E-state index in [1.165, 1.54) is 30.9 Å². The summed E-state index contributed by atoms with van der Waals surface area (Å²) in [5.41, 5.74) is 2.49. The molecule has 28 heavy (non-hydrogen) atoms. The van der Waals surface area contributed by atoms with Gasteiger partial charge >= 0.3 is 6.03 Å². The minimum absolute atomic E-state index is 0.0206. The molecule has 0 aliphatic carbocycles. The van der Waals surface area contributed by atoms with Crippen LogP contribution in [0, 0.1) is 17.0 Å². The van der Waals surface area contributed by atoms with Crippen LogP contribution in [0.15, 0.2) is 42.5 Å². The number of methoxy groups -OCH3 is 1. The van der Waals surface area contributed by atoms with Gasteiger partial charge in [0.15, 0.2) is 0 Å². The van der Waals surface area contributed by atoms with E-state index in [2.05, 4.69) is 29.6 Å². The molecular weight excluding hydrogens is 358 g/mol. The molecular formula is C21H25N3O4. The van der Waals surface area contributed by atoms with Gasteiger partial charge in [-0.1, -0.05) is 42.7 Å². The topological polar surface area (TPSA) is 84.7 Å². The number of ether oxygens (including phenoxy) is 1. The maximum Gasteiger partial charge on any atom is 0.322 e. The molecule has 0 radical (unpaired) electrons. The highest BCUT2D eigenvalue weighted by Crippen LogP contribution is 2.33. The number of carbonyl (C=O) groups excluding carboxylic acids is 1. The molecule has 1 atom stereocenters. The summed E-state index contributed by atoms with van der Waals surface area (Å²) in [4.78, 5) is 25.5. The third kappa shape index (κ3) is 4.42. The molecule has 3 rings (SSSR count). The second kappa shape index (κ2) is 8.73. The zero-order chi connectivity index (χ0) is 20.1. The van der Waals surface area contributed by atoms with Gasteiger partial charge in [0.1, 0.15) is 5.75 Å². The molecule has 148 valence electrons. The van der Waals surface area contributed by atoms with Gasteiger partial charge in [0.2, 0.25) is 0 Å². The van der Waals surface area contributed by atoms with E-state index in [0.717, 1.165) is 31.2 Å². The fraction of sp³-hybridized carbons (Fsp3) is 0.381. The number of benzene rings is 2. The molecule has 1 unspecified atom stereocenters. The van der Waals surface area contributed by atoms with Gasteiger partial charge in [-0.25, -0.2) is 4.79 Å². The first-order valence-electron chi connectivity index (χ1n) is 9.46. The Bertz CT molecular complexity index is 851. The van der Waals surface area contributed by atoms with E-state index >= 15 is 0 Å². The van der Waals surface area contributed by atoms with Gasteiger partial charge in [0, 0.05) is 18.7 Å². The molecule has 1 aliphatic rings. The minimum Gasteiger partial charge on any atom is -0.495 e. The Morgan fingerprint density at radius 2 is 1.93 bits per heavy atom. The highest BCUT2D eigenvalue weighted by atomic mass is 16.6. The average molecular weight is 383 g/mol. The lowest BCUT2D eigenvalue weighted by atomic mass is 10.00. The molecule has 1 aliphatic heterocycles. The van der Waals surface area contributed by atoms with Crippen LogP contribution in [-0.4, -0.2) is 29.5 Å². The molecule has 1 saturated heterocycles. The zero-order valence-electron chi connectivity index (χ0n) is 16.2. The SMILES string of the molecule is COc1ccc([N+](=O)[O-])cc1NC(=O)N1CCCCCC1c1ccc(C)cc1.